The average molecular weight is 391 g/mol. The number of nitrogens with zero attached hydrogens (tertiary/aromatic N) is 5. The fourth-order valence-electron chi connectivity index (χ4n) is 4.15. The molecule has 0 N–H and O–H groups in total. The molecule has 0 amide bonds. The van der Waals surface area contributed by atoms with Crippen LogP contribution < -0.4 is 4.74 Å². The second-order valence-electron chi connectivity index (χ2n) is 7.57. The van der Waals surface area contributed by atoms with Crippen LogP contribution in [-0.4, -0.2) is 72.5 Å². The smallest absolute Gasteiger partial charge is 0.154 e. The number of hydrogen-bond donors (Lipinski definition) is 0. The normalized spacial score (nSPS) is 22.0. The van der Waals surface area contributed by atoms with Crippen LogP contribution in [0.5, 0.6) is 5.75 Å². The SMILES string of the molecule is N#Cc1cccc(C#N)c1OCCN1CC2CN(CCn3cccc3)CC(C1)O2. The summed E-state index contributed by atoms with van der Waals surface area (Å²) < 4.78 is 14.2. The first-order chi connectivity index (χ1) is 14.2. The van der Waals surface area contributed by atoms with Crippen molar-refractivity contribution in [3.8, 4) is 17.9 Å². The highest BCUT2D eigenvalue weighted by molar-refractivity contribution is 5.53. The molecular weight excluding hydrogens is 366 g/mol. The largest absolute Gasteiger partial charge is 0.489 e. The number of fused-ring (bicyclic) bond motifs is 2. The van der Waals surface area contributed by atoms with Crippen molar-refractivity contribution in [2.75, 3.05) is 45.9 Å². The van der Waals surface area contributed by atoms with Gasteiger partial charge in [-0.05, 0) is 24.3 Å². The summed E-state index contributed by atoms with van der Waals surface area (Å²) in [6.45, 7) is 6.90. The maximum atomic E-state index is 9.25. The molecule has 2 bridgehead atoms. The zero-order valence-electron chi connectivity index (χ0n) is 16.4. The van der Waals surface area contributed by atoms with Gasteiger partial charge in [-0.15, -0.1) is 0 Å². The lowest BCUT2D eigenvalue weighted by atomic mass is 10.1. The molecule has 7 nitrogen and oxygen atoms in total. The molecule has 29 heavy (non-hydrogen) atoms. The summed E-state index contributed by atoms with van der Waals surface area (Å²) in [6.07, 6.45) is 4.64. The van der Waals surface area contributed by atoms with E-state index in [0.29, 0.717) is 23.5 Å². The standard InChI is InChI=1S/C22H25N5O2/c23-12-18-4-3-5-19(13-24)22(18)28-11-10-27-16-20-14-26(15-21(17-27)29-20)9-8-25-6-1-2-7-25/h1-7,20-21H,8-11,14-17H2. The predicted molar refractivity (Wildman–Crippen MR) is 107 cm³/mol. The second kappa shape index (κ2) is 9.11. The van der Waals surface area contributed by atoms with E-state index in [4.69, 9.17) is 9.47 Å². The molecule has 0 aliphatic carbocycles. The molecule has 2 unspecified atom stereocenters. The van der Waals surface area contributed by atoms with E-state index in [-0.39, 0.29) is 12.2 Å². The van der Waals surface area contributed by atoms with Gasteiger partial charge in [0, 0.05) is 58.2 Å². The molecule has 1 aromatic heterocycles. The Morgan fingerprint density at radius 3 is 2.03 bits per heavy atom. The van der Waals surface area contributed by atoms with Crippen LogP contribution in [0.15, 0.2) is 42.7 Å². The molecule has 0 spiro atoms. The van der Waals surface area contributed by atoms with Crippen molar-refractivity contribution in [2.45, 2.75) is 18.8 Å². The summed E-state index contributed by atoms with van der Waals surface area (Å²) in [5.74, 6) is 0.391. The Kier molecular flexibility index (Phi) is 6.12. The Labute approximate surface area is 171 Å². The molecule has 3 heterocycles. The third-order valence-corrected chi connectivity index (χ3v) is 5.48. The van der Waals surface area contributed by atoms with Gasteiger partial charge in [-0.25, -0.2) is 0 Å². The Morgan fingerprint density at radius 1 is 0.862 bits per heavy atom. The van der Waals surface area contributed by atoms with E-state index < -0.39 is 0 Å². The predicted octanol–water partition coefficient (Wildman–Crippen LogP) is 1.70. The highest BCUT2D eigenvalue weighted by Crippen LogP contribution is 2.23. The second-order valence-corrected chi connectivity index (χ2v) is 7.57. The molecule has 1 aromatic carbocycles. The van der Waals surface area contributed by atoms with Crippen LogP contribution in [0.3, 0.4) is 0 Å². The Balaban J connectivity index is 1.26. The number of morpholine rings is 2. The summed E-state index contributed by atoms with van der Waals surface area (Å²) in [5.41, 5.74) is 0.808. The van der Waals surface area contributed by atoms with Crippen LogP contribution in [0, 0.1) is 22.7 Å². The molecule has 0 radical (unpaired) electrons. The minimum absolute atomic E-state index is 0.216. The molecular formula is C22H25N5O2. The Bertz CT molecular complexity index is 853. The maximum Gasteiger partial charge on any atom is 0.154 e. The van der Waals surface area contributed by atoms with E-state index >= 15 is 0 Å². The number of ether oxygens (including phenoxy) is 2. The molecule has 2 atom stereocenters. The van der Waals surface area contributed by atoms with Crippen LogP contribution >= 0.6 is 0 Å². The van der Waals surface area contributed by atoms with E-state index in [1.165, 1.54) is 0 Å². The zero-order valence-corrected chi connectivity index (χ0v) is 16.4. The zero-order chi connectivity index (χ0) is 20.1. The number of hydrogen-bond acceptors (Lipinski definition) is 6. The molecule has 7 heteroatoms. The average Bonchev–Trinajstić information content (AvgIpc) is 3.25. The fraction of sp³-hybridized carbons (Fsp3) is 0.455. The lowest BCUT2D eigenvalue weighted by Crippen LogP contribution is -2.60. The van der Waals surface area contributed by atoms with E-state index in [1.54, 1.807) is 18.2 Å². The molecule has 150 valence electrons. The topological polar surface area (TPSA) is 77.5 Å². The van der Waals surface area contributed by atoms with Crippen LogP contribution in [0.1, 0.15) is 11.1 Å². The van der Waals surface area contributed by atoms with E-state index in [2.05, 4.69) is 51.0 Å². The fourth-order valence-corrected chi connectivity index (χ4v) is 4.15. The molecule has 2 fully saturated rings. The van der Waals surface area contributed by atoms with Crippen LogP contribution in [0.25, 0.3) is 0 Å². The van der Waals surface area contributed by atoms with Gasteiger partial charge >= 0.3 is 0 Å². The van der Waals surface area contributed by atoms with Gasteiger partial charge in [0.2, 0.25) is 0 Å². The number of rotatable bonds is 7. The third-order valence-electron chi connectivity index (χ3n) is 5.48. The van der Waals surface area contributed by atoms with Crippen LogP contribution in [0.2, 0.25) is 0 Å². The number of benzene rings is 1. The number of nitriles is 2. The van der Waals surface area contributed by atoms with Crippen molar-refractivity contribution in [1.29, 1.82) is 10.5 Å². The molecule has 2 aliphatic rings. The third kappa shape index (κ3) is 4.78. The van der Waals surface area contributed by atoms with Gasteiger partial charge in [-0.3, -0.25) is 9.80 Å². The lowest BCUT2D eigenvalue weighted by Gasteiger charge is -2.45. The van der Waals surface area contributed by atoms with Gasteiger partial charge in [0.05, 0.1) is 23.3 Å². The first kappa shape index (κ1) is 19.5. The van der Waals surface area contributed by atoms with Crippen molar-refractivity contribution in [2.24, 2.45) is 0 Å². The summed E-state index contributed by atoms with van der Waals surface area (Å²) in [7, 11) is 0. The summed E-state index contributed by atoms with van der Waals surface area (Å²) >= 11 is 0. The molecule has 2 aliphatic heterocycles. The molecule has 0 saturated carbocycles. The lowest BCUT2D eigenvalue weighted by molar-refractivity contribution is -0.139. The van der Waals surface area contributed by atoms with Crippen molar-refractivity contribution >= 4 is 0 Å². The van der Waals surface area contributed by atoms with E-state index in [1.807, 2.05) is 0 Å². The van der Waals surface area contributed by atoms with Crippen molar-refractivity contribution in [1.82, 2.24) is 14.4 Å². The van der Waals surface area contributed by atoms with E-state index in [9.17, 15) is 10.5 Å². The van der Waals surface area contributed by atoms with Gasteiger partial charge in [0.15, 0.2) is 5.75 Å². The molecule has 2 saturated heterocycles. The first-order valence-corrected chi connectivity index (χ1v) is 10.0. The van der Waals surface area contributed by atoms with Crippen LogP contribution in [-0.2, 0) is 11.3 Å². The Morgan fingerprint density at radius 2 is 1.45 bits per heavy atom. The molecule has 2 aromatic rings. The summed E-state index contributed by atoms with van der Waals surface area (Å²) in [5, 5.41) is 18.5. The minimum Gasteiger partial charge on any atom is -0.489 e. The highest BCUT2D eigenvalue weighted by atomic mass is 16.5. The number of para-hydroxylation sites is 1. The van der Waals surface area contributed by atoms with Crippen molar-refractivity contribution < 1.29 is 9.47 Å². The van der Waals surface area contributed by atoms with Gasteiger partial charge in [0.25, 0.3) is 0 Å². The minimum atomic E-state index is 0.216. The van der Waals surface area contributed by atoms with E-state index in [0.717, 1.165) is 45.8 Å². The first-order valence-electron chi connectivity index (χ1n) is 10.0. The van der Waals surface area contributed by atoms with Gasteiger partial charge in [0.1, 0.15) is 18.7 Å². The quantitative estimate of drug-likeness (QED) is 0.715. The molecule has 4 rings (SSSR count). The van der Waals surface area contributed by atoms with Gasteiger partial charge < -0.3 is 14.0 Å². The highest BCUT2D eigenvalue weighted by Gasteiger charge is 2.34. The van der Waals surface area contributed by atoms with Gasteiger partial charge in [-0.2, -0.15) is 10.5 Å². The van der Waals surface area contributed by atoms with Crippen molar-refractivity contribution in [3.05, 3.63) is 53.9 Å². The van der Waals surface area contributed by atoms with Crippen LogP contribution in [0.4, 0.5) is 0 Å². The number of aromatic nitrogens is 1. The van der Waals surface area contributed by atoms with Gasteiger partial charge in [-0.1, -0.05) is 6.07 Å². The summed E-state index contributed by atoms with van der Waals surface area (Å²) in [4.78, 5) is 4.86. The summed E-state index contributed by atoms with van der Waals surface area (Å²) in [6, 6.07) is 13.4. The monoisotopic (exact) mass is 391 g/mol. The maximum absolute atomic E-state index is 9.25. The van der Waals surface area contributed by atoms with Crippen molar-refractivity contribution in [3.63, 3.8) is 0 Å². The Hall–Kier alpha value is -2.84.